The summed E-state index contributed by atoms with van der Waals surface area (Å²) >= 11 is 0. The van der Waals surface area contributed by atoms with E-state index in [2.05, 4.69) is 10.3 Å². The molecule has 0 aliphatic carbocycles. The number of carbonyl (C=O) groups excluding carboxylic acids is 1. The summed E-state index contributed by atoms with van der Waals surface area (Å²) in [6.07, 6.45) is -0.00421. The number of nitriles is 1. The predicted octanol–water partition coefficient (Wildman–Crippen LogP) is 2.75. The van der Waals surface area contributed by atoms with Crippen LogP contribution in [0.1, 0.15) is 25.3 Å². The van der Waals surface area contributed by atoms with Gasteiger partial charge in [0.05, 0.1) is 18.2 Å². The maximum absolute atomic E-state index is 13.2. The number of oxazole rings is 1. The van der Waals surface area contributed by atoms with Gasteiger partial charge in [0.25, 0.3) is 0 Å². The average Bonchev–Trinajstić information content (AvgIpc) is 2.79. The summed E-state index contributed by atoms with van der Waals surface area (Å²) in [6.45, 7) is 4.91. The minimum Gasteiger partial charge on any atom is -0.441 e. The van der Waals surface area contributed by atoms with Gasteiger partial charge in [-0.25, -0.2) is 9.37 Å². The lowest BCUT2D eigenvalue weighted by molar-refractivity contribution is -0.121. The van der Waals surface area contributed by atoms with E-state index < -0.39 is 5.54 Å². The second kappa shape index (κ2) is 5.98. The number of rotatable bonds is 4. The fourth-order valence-electron chi connectivity index (χ4n) is 1.91. The number of hydrogen-bond donors (Lipinski definition) is 1. The summed E-state index contributed by atoms with van der Waals surface area (Å²) in [7, 11) is 0. The van der Waals surface area contributed by atoms with Crippen LogP contribution in [-0.2, 0) is 11.2 Å². The van der Waals surface area contributed by atoms with Crippen molar-refractivity contribution in [3.63, 3.8) is 0 Å². The molecule has 2 aromatic rings. The zero-order valence-corrected chi connectivity index (χ0v) is 12.6. The Hall–Kier alpha value is -2.68. The van der Waals surface area contributed by atoms with E-state index in [1.165, 1.54) is 12.1 Å². The first-order valence-electron chi connectivity index (χ1n) is 6.75. The van der Waals surface area contributed by atoms with Gasteiger partial charge in [0.15, 0.2) is 0 Å². The topological polar surface area (TPSA) is 78.9 Å². The Morgan fingerprint density at radius 3 is 2.86 bits per heavy atom. The van der Waals surface area contributed by atoms with Crippen LogP contribution in [0.3, 0.4) is 0 Å². The van der Waals surface area contributed by atoms with Crippen LogP contribution in [0.2, 0.25) is 0 Å². The zero-order valence-electron chi connectivity index (χ0n) is 12.6. The molecule has 0 radical (unpaired) electrons. The Kier molecular flexibility index (Phi) is 4.27. The highest BCUT2D eigenvalue weighted by Gasteiger charge is 2.21. The van der Waals surface area contributed by atoms with Crippen LogP contribution in [0.5, 0.6) is 0 Å². The lowest BCUT2D eigenvalue weighted by atomic mass is 10.1. The third-order valence-corrected chi connectivity index (χ3v) is 3.02. The van der Waals surface area contributed by atoms with E-state index in [1.54, 1.807) is 32.9 Å². The fraction of sp³-hybridized carbons (Fsp3) is 0.312. The molecule has 0 saturated heterocycles. The summed E-state index contributed by atoms with van der Waals surface area (Å²) in [6, 6.07) is 7.88. The van der Waals surface area contributed by atoms with Crippen LogP contribution in [0.4, 0.5) is 4.39 Å². The van der Waals surface area contributed by atoms with Gasteiger partial charge in [-0.15, -0.1) is 0 Å². The Bertz CT molecular complexity index is 744. The molecule has 5 nitrogen and oxygen atoms in total. The molecule has 114 valence electrons. The Labute approximate surface area is 127 Å². The highest BCUT2D eigenvalue weighted by Crippen LogP contribution is 2.22. The molecule has 0 aliphatic heterocycles. The van der Waals surface area contributed by atoms with Gasteiger partial charge >= 0.3 is 0 Å². The Morgan fingerprint density at radius 2 is 2.23 bits per heavy atom. The van der Waals surface area contributed by atoms with Crippen molar-refractivity contribution in [3.05, 3.63) is 41.5 Å². The maximum Gasteiger partial charge on any atom is 0.227 e. The van der Waals surface area contributed by atoms with Crippen LogP contribution < -0.4 is 5.32 Å². The number of amides is 1. The minimum atomic E-state index is -0.944. The number of nitrogens with one attached hydrogen (secondary N) is 1. The minimum absolute atomic E-state index is 0.00421. The summed E-state index contributed by atoms with van der Waals surface area (Å²) in [5.74, 6) is 0.0423. The van der Waals surface area contributed by atoms with Crippen molar-refractivity contribution < 1.29 is 13.6 Å². The van der Waals surface area contributed by atoms with Crippen molar-refractivity contribution in [2.45, 2.75) is 32.7 Å². The largest absolute Gasteiger partial charge is 0.441 e. The monoisotopic (exact) mass is 301 g/mol. The average molecular weight is 301 g/mol. The molecule has 1 heterocycles. The molecule has 0 saturated carbocycles. The molecule has 0 atom stereocenters. The summed E-state index contributed by atoms with van der Waals surface area (Å²) < 4.78 is 18.7. The van der Waals surface area contributed by atoms with Gasteiger partial charge in [-0.3, -0.25) is 4.79 Å². The number of carbonyl (C=O) groups is 1. The SMILES string of the molecule is Cc1oc(-c2cccc(F)c2)nc1CC(=O)NC(C)(C)C#N. The number of aryl methyl sites for hydroxylation is 1. The summed E-state index contributed by atoms with van der Waals surface area (Å²) in [5.41, 5.74) is 0.0257. The van der Waals surface area contributed by atoms with Gasteiger partial charge in [-0.1, -0.05) is 6.07 Å². The molecule has 0 bridgehead atoms. The molecule has 2 rings (SSSR count). The number of nitrogens with zero attached hydrogens (tertiary/aromatic N) is 2. The van der Waals surface area contributed by atoms with Crippen LogP contribution in [0.25, 0.3) is 11.5 Å². The van der Waals surface area contributed by atoms with Gasteiger partial charge < -0.3 is 9.73 Å². The van der Waals surface area contributed by atoms with Crippen LogP contribution in [0.15, 0.2) is 28.7 Å². The van der Waals surface area contributed by atoms with Crippen molar-refractivity contribution in [2.24, 2.45) is 0 Å². The van der Waals surface area contributed by atoms with Crippen molar-refractivity contribution in [1.29, 1.82) is 5.26 Å². The molecule has 0 aliphatic rings. The van der Waals surface area contributed by atoms with Crippen molar-refractivity contribution in [1.82, 2.24) is 10.3 Å². The van der Waals surface area contributed by atoms with Crippen LogP contribution in [0, 0.1) is 24.1 Å². The number of aromatic nitrogens is 1. The molecule has 1 aromatic carbocycles. The number of hydrogen-bond acceptors (Lipinski definition) is 4. The number of halogens is 1. The van der Waals surface area contributed by atoms with E-state index in [0.717, 1.165) is 0 Å². The highest BCUT2D eigenvalue weighted by atomic mass is 19.1. The van der Waals surface area contributed by atoms with Gasteiger partial charge in [0.1, 0.15) is 17.1 Å². The normalized spacial score (nSPS) is 11.0. The molecule has 22 heavy (non-hydrogen) atoms. The van der Waals surface area contributed by atoms with Crippen molar-refractivity contribution in [3.8, 4) is 17.5 Å². The first-order valence-corrected chi connectivity index (χ1v) is 6.75. The molecule has 6 heteroatoms. The third kappa shape index (κ3) is 3.70. The molecule has 0 unspecified atom stereocenters. The highest BCUT2D eigenvalue weighted by molar-refractivity contribution is 5.79. The van der Waals surface area contributed by atoms with Crippen molar-refractivity contribution in [2.75, 3.05) is 0 Å². The van der Waals surface area contributed by atoms with Gasteiger partial charge in [-0.2, -0.15) is 5.26 Å². The molecular weight excluding hydrogens is 285 g/mol. The quantitative estimate of drug-likeness (QED) is 0.941. The van der Waals surface area contributed by atoms with Gasteiger partial charge in [0.2, 0.25) is 11.8 Å². The Balaban J connectivity index is 2.17. The maximum atomic E-state index is 13.2. The molecule has 1 aromatic heterocycles. The second-order valence-electron chi connectivity index (χ2n) is 5.49. The molecular formula is C16H16FN3O2. The lowest BCUT2D eigenvalue weighted by Gasteiger charge is -2.16. The zero-order chi connectivity index (χ0) is 16.3. The van der Waals surface area contributed by atoms with E-state index in [4.69, 9.17) is 9.68 Å². The van der Waals surface area contributed by atoms with E-state index >= 15 is 0 Å². The van der Waals surface area contributed by atoms with Crippen LogP contribution in [-0.4, -0.2) is 16.4 Å². The van der Waals surface area contributed by atoms with Crippen LogP contribution >= 0.6 is 0 Å². The van der Waals surface area contributed by atoms with E-state index in [9.17, 15) is 9.18 Å². The third-order valence-electron chi connectivity index (χ3n) is 3.02. The van der Waals surface area contributed by atoms with E-state index in [-0.39, 0.29) is 24.0 Å². The second-order valence-corrected chi connectivity index (χ2v) is 5.49. The van der Waals surface area contributed by atoms with Crippen molar-refractivity contribution >= 4 is 5.91 Å². The first-order chi connectivity index (χ1) is 10.3. The number of benzene rings is 1. The fourth-order valence-corrected chi connectivity index (χ4v) is 1.91. The summed E-state index contributed by atoms with van der Waals surface area (Å²) in [4.78, 5) is 16.2. The predicted molar refractivity (Wildman–Crippen MR) is 78.2 cm³/mol. The molecule has 1 N–H and O–H groups in total. The summed E-state index contributed by atoms with van der Waals surface area (Å²) in [5, 5.41) is 11.5. The molecule has 0 fully saturated rings. The van der Waals surface area contributed by atoms with Gasteiger partial charge in [0, 0.05) is 5.56 Å². The smallest absolute Gasteiger partial charge is 0.227 e. The van der Waals surface area contributed by atoms with E-state index in [0.29, 0.717) is 17.0 Å². The lowest BCUT2D eigenvalue weighted by Crippen LogP contribution is -2.42. The molecule has 1 amide bonds. The molecule has 0 spiro atoms. The standard InChI is InChI=1S/C16H16FN3O2/c1-10-13(8-14(21)20-16(2,3)9-18)19-15(22-10)11-5-4-6-12(17)7-11/h4-7H,8H2,1-3H3,(H,20,21). The van der Waals surface area contributed by atoms with E-state index in [1.807, 2.05) is 6.07 Å². The van der Waals surface area contributed by atoms with Gasteiger partial charge in [-0.05, 0) is 39.0 Å². The Morgan fingerprint density at radius 1 is 1.50 bits per heavy atom. The first kappa shape index (κ1) is 15.7.